The van der Waals surface area contributed by atoms with Crippen LogP contribution in [0.3, 0.4) is 0 Å². The molecule has 0 radical (unpaired) electrons. The molecule has 124 valence electrons. The number of aryl methyl sites for hydroxylation is 2. The Morgan fingerprint density at radius 1 is 0.913 bits per heavy atom. The van der Waals surface area contributed by atoms with E-state index < -0.39 is 6.10 Å². The van der Waals surface area contributed by atoms with Crippen LogP contribution in [0.4, 0.5) is 0 Å². The highest BCUT2D eigenvalue weighted by atomic mass is 16.5. The average molecular weight is 316 g/mol. The van der Waals surface area contributed by atoms with Crippen LogP contribution in [0.5, 0.6) is 17.2 Å². The summed E-state index contributed by atoms with van der Waals surface area (Å²) in [6, 6.07) is 11.8. The minimum absolute atomic E-state index is 0.491. The fraction of sp³-hybridized carbons (Fsp3) is 0.368. The first-order valence-corrected chi connectivity index (χ1v) is 7.62. The third-order valence-electron chi connectivity index (χ3n) is 3.89. The fourth-order valence-electron chi connectivity index (χ4n) is 2.54. The van der Waals surface area contributed by atoms with E-state index in [-0.39, 0.29) is 0 Å². The quantitative estimate of drug-likeness (QED) is 0.846. The van der Waals surface area contributed by atoms with Gasteiger partial charge < -0.3 is 19.3 Å². The molecule has 0 heterocycles. The van der Waals surface area contributed by atoms with E-state index in [0.717, 1.165) is 11.1 Å². The van der Waals surface area contributed by atoms with E-state index in [0.29, 0.717) is 30.1 Å². The minimum Gasteiger partial charge on any atom is -0.493 e. The number of methoxy groups -OCH3 is 3. The normalized spacial score (nSPS) is 11.9. The maximum absolute atomic E-state index is 10.3. The second-order valence-electron chi connectivity index (χ2n) is 5.50. The summed E-state index contributed by atoms with van der Waals surface area (Å²) in [5.74, 6) is 1.84. The van der Waals surface area contributed by atoms with Gasteiger partial charge in [-0.3, -0.25) is 0 Å². The van der Waals surface area contributed by atoms with Gasteiger partial charge in [-0.15, -0.1) is 0 Å². The lowest BCUT2D eigenvalue weighted by atomic mass is 10.00. The summed E-state index contributed by atoms with van der Waals surface area (Å²) in [6.07, 6.45) is 0.850. The summed E-state index contributed by atoms with van der Waals surface area (Å²) in [5, 5.41) is 10.3. The number of aliphatic hydroxyl groups excluding tert-OH is 1. The standard InChI is InChI=1S/C19H24O4/c1-13-5-8-15(9-6-13)16(20)10-7-14-11-17(21-2)19(23-4)18(12-14)22-3/h5-6,8-9,11-12,16,20H,7,10H2,1-4H3. The molecule has 4 nitrogen and oxygen atoms in total. The van der Waals surface area contributed by atoms with E-state index in [9.17, 15) is 5.11 Å². The Labute approximate surface area is 137 Å². The molecule has 1 unspecified atom stereocenters. The van der Waals surface area contributed by atoms with Crippen LogP contribution >= 0.6 is 0 Å². The number of ether oxygens (including phenoxy) is 3. The molecule has 1 atom stereocenters. The van der Waals surface area contributed by atoms with Crippen LogP contribution < -0.4 is 14.2 Å². The van der Waals surface area contributed by atoms with Gasteiger partial charge in [0.25, 0.3) is 0 Å². The van der Waals surface area contributed by atoms with Gasteiger partial charge in [0.15, 0.2) is 11.5 Å². The number of rotatable bonds is 7. The number of aliphatic hydroxyl groups is 1. The van der Waals surface area contributed by atoms with Gasteiger partial charge in [-0.05, 0) is 43.0 Å². The first-order chi connectivity index (χ1) is 11.1. The van der Waals surface area contributed by atoms with Crippen molar-refractivity contribution in [2.75, 3.05) is 21.3 Å². The Morgan fingerprint density at radius 2 is 1.48 bits per heavy atom. The van der Waals surface area contributed by atoms with Crippen molar-refractivity contribution >= 4 is 0 Å². The van der Waals surface area contributed by atoms with Gasteiger partial charge in [-0.1, -0.05) is 29.8 Å². The van der Waals surface area contributed by atoms with Crippen molar-refractivity contribution in [1.82, 2.24) is 0 Å². The Morgan fingerprint density at radius 3 is 1.96 bits per heavy atom. The molecule has 0 bridgehead atoms. The highest BCUT2D eigenvalue weighted by molar-refractivity contribution is 5.53. The predicted molar refractivity (Wildman–Crippen MR) is 90.6 cm³/mol. The summed E-state index contributed by atoms with van der Waals surface area (Å²) in [5.41, 5.74) is 3.15. The Bertz CT molecular complexity index is 609. The molecule has 4 heteroatoms. The van der Waals surface area contributed by atoms with Crippen molar-refractivity contribution in [3.63, 3.8) is 0 Å². The molecule has 0 aliphatic heterocycles. The van der Waals surface area contributed by atoms with Gasteiger partial charge in [0.2, 0.25) is 5.75 Å². The molecule has 0 aliphatic rings. The Hall–Kier alpha value is -2.20. The molecule has 0 aromatic heterocycles. The molecule has 2 aromatic carbocycles. The van der Waals surface area contributed by atoms with Crippen molar-refractivity contribution in [3.8, 4) is 17.2 Å². The van der Waals surface area contributed by atoms with Crippen LogP contribution in [0.15, 0.2) is 36.4 Å². The second-order valence-corrected chi connectivity index (χ2v) is 5.50. The van der Waals surface area contributed by atoms with Crippen molar-refractivity contribution in [2.45, 2.75) is 25.9 Å². The third-order valence-corrected chi connectivity index (χ3v) is 3.89. The molecule has 23 heavy (non-hydrogen) atoms. The van der Waals surface area contributed by atoms with E-state index in [4.69, 9.17) is 14.2 Å². The highest BCUT2D eigenvalue weighted by Gasteiger charge is 2.14. The summed E-state index contributed by atoms with van der Waals surface area (Å²) in [7, 11) is 4.78. The maximum atomic E-state index is 10.3. The van der Waals surface area contributed by atoms with Crippen molar-refractivity contribution in [3.05, 3.63) is 53.1 Å². The zero-order chi connectivity index (χ0) is 16.8. The van der Waals surface area contributed by atoms with E-state index in [2.05, 4.69) is 0 Å². The van der Waals surface area contributed by atoms with Gasteiger partial charge >= 0.3 is 0 Å². The first-order valence-electron chi connectivity index (χ1n) is 7.62. The van der Waals surface area contributed by atoms with E-state index >= 15 is 0 Å². The van der Waals surface area contributed by atoms with Crippen LogP contribution in [-0.2, 0) is 6.42 Å². The summed E-state index contributed by atoms with van der Waals surface area (Å²) < 4.78 is 16.0. The average Bonchev–Trinajstić information content (AvgIpc) is 2.59. The van der Waals surface area contributed by atoms with E-state index in [1.165, 1.54) is 5.56 Å². The Kier molecular flexibility index (Phi) is 5.88. The molecule has 1 N–H and O–H groups in total. The molecule has 2 aromatic rings. The van der Waals surface area contributed by atoms with E-state index in [1.54, 1.807) is 21.3 Å². The molecule has 0 aliphatic carbocycles. The lowest BCUT2D eigenvalue weighted by molar-refractivity contribution is 0.167. The van der Waals surface area contributed by atoms with Crippen molar-refractivity contribution < 1.29 is 19.3 Å². The summed E-state index contributed by atoms with van der Waals surface area (Å²) in [4.78, 5) is 0. The molecular formula is C19H24O4. The van der Waals surface area contributed by atoms with Crippen LogP contribution in [0.25, 0.3) is 0 Å². The van der Waals surface area contributed by atoms with Crippen molar-refractivity contribution in [1.29, 1.82) is 0 Å². The highest BCUT2D eigenvalue weighted by Crippen LogP contribution is 2.38. The SMILES string of the molecule is COc1cc(CCC(O)c2ccc(C)cc2)cc(OC)c1OC. The van der Waals surface area contributed by atoms with Gasteiger partial charge in [-0.25, -0.2) is 0 Å². The second kappa shape index (κ2) is 7.88. The maximum Gasteiger partial charge on any atom is 0.203 e. The summed E-state index contributed by atoms with van der Waals surface area (Å²) in [6.45, 7) is 2.03. The Balaban J connectivity index is 2.12. The number of hydrogen-bond donors (Lipinski definition) is 1. The number of hydrogen-bond acceptors (Lipinski definition) is 4. The largest absolute Gasteiger partial charge is 0.493 e. The van der Waals surface area contributed by atoms with E-state index in [1.807, 2.05) is 43.3 Å². The molecule has 0 saturated carbocycles. The molecular weight excluding hydrogens is 292 g/mol. The van der Waals surface area contributed by atoms with Crippen LogP contribution in [0.1, 0.15) is 29.2 Å². The van der Waals surface area contributed by atoms with Crippen LogP contribution in [0, 0.1) is 6.92 Å². The molecule has 0 saturated heterocycles. The minimum atomic E-state index is -0.491. The van der Waals surface area contributed by atoms with Crippen LogP contribution in [-0.4, -0.2) is 26.4 Å². The van der Waals surface area contributed by atoms with Gasteiger partial charge in [-0.2, -0.15) is 0 Å². The molecule has 2 rings (SSSR count). The topological polar surface area (TPSA) is 47.9 Å². The summed E-state index contributed by atoms with van der Waals surface area (Å²) >= 11 is 0. The fourth-order valence-corrected chi connectivity index (χ4v) is 2.54. The monoisotopic (exact) mass is 316 g/mol. The first kappa shape index (κ1) is 17.2. The lowest BCUT2D eigenvalue weighted by Crippen LogP contribution is -2.01. The van der Waals surface area contributed by atoms with Gasteiger partial charge in [0.05, 0.1) is 27.4 Å². The molecule has 0 amide bonds. The lowest BCUT2D eigenvalue weighted by Gasteiger charge is -2.15. The zero-order valence-electron chi connectivity index (χ0n) is 14.1. The van der Waals surface area contributed by atoms with Crippen molar-refractivity contribution in [2.24, 2.45) is 0 Å². The predicted octanol–water partition coefficient (Wildman–Crippen LogP) is 3.69. The molecule has 0 fully saturated rings. The van der Waals surface area contributed by atoms with Gasteiger partial charge in [0, 0.05) is 0 Å². The number of benzene rings is 2. The van der Waals surface area contributed by atoms with Gasteiger partial charge in [0.1, 0.15) is 0 Å². The third kappa shape index (κ3) is 4.17. The molecule has 0 spiro atoms. The van der Waals surface area contributed by atoms with Crippen LogP contribution in [0.2, 0.25) is 0 Å². The zero-order valence-corrected chi connectivity index (χ0v) is 14.1. The smallest absolute Gasteiger partial charge is 0.203 e.